The number of halogens is 1. The highest BCUT2D eigenvalue weighted by Gasteiger charge is 2.12. The molecule has 1 aromatic carbocycles. The Morgan fingerprint density at radius 3 is 2.79 bits per heavy atom. The van der Waals surface area contributed by atoms with Crippen molar-refractivity contribution in [1.82, 2.24) is 4.98 Å². The number of anilines is 1. The van der Waals surface area contributed by atoms with Crippen LogP contribution in [0.5, 0.6) is 0 Å². The maximum atomic E-state index is 12.0. The van der Waals surface area contributed by atoms with E-state index in [1.807, 2.05) is 0 Å². The fourth-order valence-electron chi connectivity index (χ4n) is 1.43. The summed E-state index contributed by atoms with van der Waals surface area (Å²) in [7, 11) is 0. The van der Waals surface area contributed by atoms with E-state index >= 15 is 0 Å². The Bertz CT molecular complexity index is 646. The van der Waals surface area contributed by atoms with Crippen molar-refractivity contribution in [2.24, 2.45) is 0 Å². The zero-order chi connectivity index (χ0) is 13.8. The number of hydrogen-bond acceptors (Lipinski definition) is 4. The zero-order valence-corrected chi connectivity index (χ0v) is 11.1. The van der Waals surface area contributed by atoms with Gasteiger partial charge in [-0.15, -0.1) is 0 Å². The summed E-state index contributed by atoms with van der Waals surface area (Å²) in [5.41, 5.74) is 0.585. The van der Waals surface area contributed by atoms with Gasteiger partial charge in [-0.3, -0.25) is 14.9 Å². The van der Waals surface area contributed by atoms with E-state index in [1.54, 1.807) is 18.3 Å². The van der Waals surface area contributed by atoms with E-state index in [2.05, 4.69) is 26.2 Å². The number of aromatic nitrogens is 1. The van der Waals surface area contributed by atoms with Crippen LogP contribution in [-0.2, 0) is 0 Å². The van der Waals surface area contributed by atoms with Crippen LogP contribution in [0, 0.1) is 10.1 Å². The molecule has 1 N–H and O–H groups in total. The molecule has 2 aromatic rings. The summed E-state index contributed by atoms with van der Waals surface area (Å²) >= 11 is 3.20. The monoisotopic (exact) mass is 321 g/mol. The fraction of sp³-hybridized carbons (Fsp3) is 0. The van der Waals surface area contributed by atoms with Gasteiger partial charge in [-0.1, -0.05) is 6.07 Å². The molecule has 0 saturated heterocycles. The van der Waals surface area contributed by atoms with Crippen LogP contribution in [0.4, 0.5) is 11.4 Å². The van der Waals surface area contributed by atoms with Crippen LogP contribution in [0.25, 0.3) is 0 Å². The van der Waals surface area contributed by atoms with Crippen LogP contribution in [-0.4, -0.2) is 15.8 Å². The van der Waals surface area contributed by atoms with Crippen molar-refractivity contribution < 1.29 is 9.72 Å². The number of amides is 1. The average molecular weight is 322 g/mol. The number of nitrogens with one attached hydrogen (secondary N) is 1. The second-order valence-corrected chi connectivity index (χ2v) is 4.35. The minimum atomic E-state index is -0.545. The molecule has 2 rings (SSSR count). The number of pyridine rings is 1. The average Bonchev–Trinajstić information content (AvgIpc) is 2.41. The number of nitro benzene ring substituents is 1. The third-order valence-electron chi connectivity index (χ3n) is 2.33. The summed E-state index contributed by atoms with van der Waals surface area (Å²) in [6.45, 7) is 0. The molecular weight excluding hydrogens is 314 g/mol. The van der Waals surface area contributed by atoms with Gasteiger partial charge in [0, 0.05) is 23.9 Å². The second kappa shape index (κ2) is 5.57. The van der Waals surface area contributed by atoms with Crippen molar-refractivity contribution >= 4 is 33.2 Å². The Kier molecular flexibility index (Phi) is 3.86. The Morgan fingerprint density at radius 1 is 1.32 bits per heavy atom. The fourth-order valence-corrected chi connectivity index (χ4v) is 1.78. The molecule has 0 aliphatic rings. The normalized spacial score (nSPS) is 9.95. The Labute approximate surface area is 116 Å². The quantitative estimate of drug-likeness (QED) is 0.535. The minimum Gasteiger partial charge on any atom is -0.320 e. The molecule has 0 spiro atoms. The molecule has 1 heterocycles. The van der Waals surface area contributed by atoms with E-state index in [0.717, 1.165) is 0 Å². The molecule has 0 unspecified atom stereocenters. The largest absolute Gasteiger partial charge is 0.320 e. The molecule has 0 atom stereocenters. The second-order valence-electron chi connectivity index (χ2n) is 3.60. The molecule has 0 fully saturated rings. The lowest BCUT2D eigenvalue weighted by Crippen LogP contribution is -2.12. The Hall–Kier alpha value is -2.28. The number of hydrogen-bond donors (Lipinski definition) is 1. The predicted molar refractivity (Wildman–Crippen MR) is 73.0 cm³/mol. The van der Waals surface area contributed by atoms with E-state index < -0.39 is 10.8 Å². The third kappa shape index (κ3) is 3.14. The summed E-state index contributed by atoms with van der Waals surface area (Å²) in [4.78, 5) is 26.0. The molecule has 0 saturated carbocycles. The first kappa shape index (κ1) is 13.2. The highest BCUT2D eigenvalue weighted by molar-refractivity contribution is 9.10. The van der Waals surface area contributed by atoms with Crippen LogP contribution in [0.3, 0.4) is 0 Å². The van der Waals surface area contributed by atoms with E-state index in [0.29, 0.717) is 10.3 Å². The van der Waals surface area contributed by atoms with E-state index in [4.69, 9.17) is 0 Å². The number of carbonyl (C=O) groups is 1. The topological polar surface area (TPSA) is 85.1 Å². The van der Waals surface area contributed by atoms with Gasteiger partial charge in [-0.25, -0.2) is 4.98 Å². The Morgan fingerprint density at radius 2 is 2.11 bits per heavy atom. The number of nitrogens with zero attached hydrogens (tertiary/aromatic N) is 2. The van der Waals surface area contributed by atoms with Crippen molar-refractivity contribution in [2.45, 2.75) is 0 Å². The highest BCUT2D eigenvalue weighted by Crippen LogP contribution is 2.20. The molecular formula is C12H8BrN3O3. The molecule has 0 bridgehead atoms. The maximum Gasteiger partial charge on any atom is 0.270 e. The van der Waals surface area contributed by atoms with Crippen molar-refractivity contribution in [3.05, 3.63) is 62.9 Å². The van der Waals surface area contributed by atoms with Gasteiger partial charge >= 0.3 is 0 Å². The first-order chi connectivity index (χ1) is 9.08. The van der Waals surface area contributed by atoms with Crippen LogP contribution in [0.15, 0.2) is 47.2 Å². The van der Waals surface area contributed by atoms with Gasteiger partial charge in [0.05, 0.1) is 10.6 Å². The van der Waals surface area contributed by atoms with Crippen molar-refractivity contribution in [2.75, 3.05) is 5.32 Å². The molecule has 1 amide bonds. The summed E-state index contributed by atoms with van der Waals surface area (Å²) in [5.74, 6) is -0.433. The number of carbonyl (C=O) groups excluding carboxylic acids is 1. The summed E-state index contributed by atoms with van der Waals surface area (Å²) in [6, 6.07) is 8.87. The van der Waals surface area contributed by atoms with E-state index in [1.165, 1.54) is 24.3 Å². The van der Waals surface area contributed by atoms with Gasteiger partial charge in [0.15, 0.2) is 0 Å². The predicted octanol–water partition coefficient (Wildman–Crippen LogP) is 3.00. The smallest absolute Gasteiger partial charge is 0.270 e. The molecule has 1 aromatic heterocycles. The number of nitro groups is 1. The van der Waals surface area contributed by atoms with Gasteiger partial charge in [-0.05, 0) is 34.1 Å². The summed E-state index contributed by atoms with van der Waals surface area (Å²) in [5, 5.41) is 13.3. The zero-order valence-electron chi connectivity index (χ0n) is 9.54. The molecule has 6 nitrogen and oxygen atoms in total. The van der Waals surface area contributed by atoms with Gasteiger partial charge in [0.25, 0.3) is 11.6 Å². The molecule has 0 aliphatic heterocycles. The number of rotatable bonds is 3. The van der Waals surface area contributed by atoms with Gasteiger partial charge in [0.2, 0.25) is 0 Å². The highest BCUT2D eigenvalue weighted by atomic mass is 79.9. The lowest BCUT2D eigenvalue weighted by Gasteiger charge is -2.06. The standard InChI is InChI=1S/C12H8BrN3O3/c13-11-10(5-2-6-14-11)15-12(17)8-3-1-4-9(7-8)16(18)19/h1-7H,(H,15,17). The molecule has 19 heavy (non-hydrogen) atoms. The molecule has 7 heteroatoms. The van der Waals surface area contributed by atoms with Gasteiger partial charge < -0.3 is 5.32 Å². The maximum absolute atomic E-state index is 12.0. The lowest BCUT2D eigenvalue weighted by atomic mass is 10.2. The lowest BCUT2D eigenvalue weighted by molar-refractivity contribution is -0.384. The molecule has 0 radical (unpaired) electrons. The van der Waals surface area contributed by atoms with Crippen molar-refractivity contribution in [3.8, 4) is 0 Å². The van der Waals surface area contributed by atoms with E-state index in [-0.39, 0.29) is 11.3 Å². The van der Waals surface area contributed by atoms with Crippen molar-refractivity contribution in [1.29, 1.82) is 0 Å². The summed E-state index contributed by atoms with van der Waals surface area (Å²) < 4.78 is 0.494. The van der Waals surface area contributed by atoms with Crippen LogP contribution in [0.1, 0.15) is 10.4 Å². The first-order valence-electron chi connectivity index (χ1n) is 5.24. The summed E-state index contributed by atoms with van der Waals surface area (Å²) in [6.07, 6.45) is 1.58. The first-order valence-corrected chi connectivity index (χ1v) is 6.03. The third-order valence-corrected chi connectivity index (χ3v) is 2.96. The molecule has 96 valence electrons. The minimum absolute atomic E-state index is 0.127. The Balaban J connectivity index is 2.23. The van der Waals surface area contributed by atoms with E-state index in [9.17, 15) is 14.9 Å². The SMILES string of the molecule is O=C(Nc1cccnc1Br)c1cccc([N+](=O)[O-])c1. The van der Waals surface area contributed by atoms with Gasteiger partial charge in [0.1, 0.15) is 4.60 Å². The number of non-ortho nitro benzene ring substituents is 1. The van der Waals surface area contributed by atoms with Crippen LogP contribution < -0.4 is 5.32 Å². The van der Waals surface area contributed by atoms with Crippen LogP contribution in [0.2, 0.25) is 0 Å². The van der Waals surface area contributed by atoms with Gasteiger partial charge in [-0.2, -0.15) is 0 Å². The molecule has 0 aliphatic carbocycles. The van der Waals surface area contributed by atoms with Crippen LogP contribution >= 0.6 is 15.9 Å². The van der Waals surface area contributed by atoms with Crippen molar-refractivity contribution in [3.63, 3.8) is 0 Å². The number of benzene rings is 1.